The number of carboxylic acids is 1. The molecule has 0 fully saturated rings. The van der Waals surface area contributed by atoms with Gasteiger partial charge in [0.25, 0.3) is 0 Å². The summed E-state index contributed by atoms with van der Waals surface area (Å²) in [4.78, 5) is 12.5. The Morgan fingerprint density at radius 3 is 0.907 bits per heavy atom. The van der Waals surface area contributed by atoms with Crippen LogP contribution in [0.1, 0.15) is 206 Å². The zero-order valence-electron chi connectivity index (χ0n) is 29.4. The largest absolute Gasteiger partial charge is 0.481 e. The smallest absolute Gasteiger partial charge is 0.303 e. The zero-order chi connectivity index (χ0) is 31.9. The highest BCUT2D eigenvalue weighted by Crippen LogP contribution is 2.15. The van der Waals surface area contributed by atoms with Crippen molar-refractivity contribution in [1.82, 2.24) is 4.90 Å². The van der Waals surface area contributed by atoms with Gasteiger partial charge >= 0.3 is 5.97 Å². The first-order valence-corrected chi connectivity index (χ1v) is 19.3. The molecule has 0 aromatic rings. The van der Waals surface area contributed by atoms with Gasteiger partial charge in [-0.05, 0) is 19.4 Å². The van der Waals surface area contributed by atoms with Gasteiger partial charge in [0.15, 0.2) is 0 Å². The third-order valence-electron chi connectivity index (χ3n) is 8.65. The van der Waals surface area contributed by atoms with E-state index in [0.29, 0.717) is 19.5 Å². The first-order chi connectivity index (χ1) is 21.1. The lowest BCUT2D eigenvalue weighted by atomic mass is 10.0. The highest BCUT2D eigenvalue weighted by molar-refractivity contribution is 5.66. The van der Waals surface area contributed by atoms with Crippen molar-refractivity contribution in [2.75, 3.05) is 32.8 Å². The van der Waals surface area contributed by atoms with Crippen molar-refractivity contribution in [1.29, 1.82) is 0 Å². The molecular weight excluding hydrogens is 534 g/mol. The van der Waals surface area contributed by atoms with Crippen LogP contribution in [0.25, 0.3) is 0 Å². The van der Waals surface area contributed by atoms with E-state index in [1.54, 1.807) is 0 Å². The van der Waals surface area contributed by atoms with Crippen molar-refractivity contribution in [2.24, 2.45) is 0 Å². The minimum Gasteiger partial charge on any atom is -0.481 e. The number of aliphatic hydroxyl groups excluding tert-OH is 2. The molecule has 0 spiro atoms. The fourth-order valence-electron chi connectivity index (χ4n) is 5.80. The molecule has 43 heavy (non-hydrogen) atoms. The average Bonchev–Trinajstić information content (AvgIpc) is 2.99. The number of rotatable bonds is 35. The van der Waals surface area contributed by atoms with Crippen LogP contribution in [-0.2, 0) is 4.79 Å². The molecular formula is C38H79NO4. The number of nitrogens with zero attached hydrogens (tertiary/aromatic N) is 1. The zero-order valence-corrected chi connectivity index (χ0v) is 29.4. The van der Waals surface area contributed by atoms with Crippen LogP contribution in [-0.4, -0.2) is 59.0 Å². The lowest BCUT2D eigenvalue weighted by Gasteiger charge is -2.19. The van der Waals surface area contributed by atoms with Crippen molar-refractivity contribution >= 4 is 5.97 Å². The summed E-state index contributed by atoms with van der Waals surface area (Å²) in [7, 11) is 0. The highest BCUT2D eigenvalue weighted by Gasteiger charge is 2.02. The van der Waals surface area contributed by atoms with Gasteiger partial charge in [-0.25, -0.2) is 0 Å². The van der Waals surface area contributed by atoms with Crippen LogP contribution in [0, 0.1) is 0 Å². The molecule has 0 radical (unpaired) electrons. The van der Waals surface area contributed by atoms with Crippen molar-refractivity contribution in [3.05, 3.63) is 0 Å². The normalized spacial score (nSPS) is 11.2. The van der Waals surface area contributed by atoms with E-state index in [9.17, 15) is 4.79 Å². The summed E-state index contributed by atoms with van der Waals surface area (Å²) in [5, 5.41) is 26.4. The van der Waals surface area contributed by atoms with E-state index in [0.717, 1.165) is 19.4 Å². The highest BCUT2D eigenvalue weighted by atomic mass is 16.4. The molecule has 0 heterocycles. The molecule has 0 rings (SSSR count). The fourth-order valence-corrected chi connectivity index (χ4v) is 5.80. The van der Waals surface area contributed by atoms with E-state index in [1.165, 1.54) is 173 Å². The summed E-state index contributed by atoms with van der Waals surface area (Å²) in [6, 6.07) is 0. The molecule has 0 aliphatic heterocycles. The summed E-state index contributed by atoms with van der Waals surface area (Å²) in [5.74, 6) is -0.652. The maximum Gasteiger partial charge on any atom is 0.303 e. The van der Waals surface area contributed by atoms with Gasteiger partial charge in [0.2, 0.25) is 0 Å². The summed E-state index contributed by atoms with van der Waals surface area (Å²) in [6.07, 6.45) is 39.6. The quantitative estimate of drug-likeness (QED) is 0.0619. The van der Waals surface area contributed by atoms with Gasteiger partial charge in [-0.3, -0.25) is 9.69 Å². The Kier molecular flexibility index (Phi) is 42.8. The number of unbranched alkanes of at least 4 members (excludes halogenated alkanes) is 27. The Labute approximate surface area is 270 Å². The van der Waals surface area contributed by atoms with Crippen LogP contribution < -0.4 is 0 Å². The van der Waals surface area contributed by atoms with Crippen LogP contribution in [0.5, 0.6) is 0 Å². The van der Waals surface area contributed by atoms with E-state index in [1.807, 2.05) is 0 Å². The molecule has 0 bridgehead atoms. The number of hydrogen-bond donors (Lipinski definition) is 3. The summed E-state index contributed by atoms with van der Waals surface area (Å²) in [5.41, 5.74) is 0. The van der Waals surface area contributed by atoms with Gasteiger partial charge in [-0.1, -0.05) is 187 Å². The molecule has 0 unspecified atom stereocenters. The molecule has 0 atom stereocenters. The Hall–Kier alpha value is -0.650. The van der Waals surface area contributed by atoms with Gasteiger partial charge in [0, 0.05) is 19.5 Å². The maximum absolute atomic E-state index is 10.4. The minimum atomic E-state index is -0.652. The predicted octanol–water partition coefficient (Wildman–Crippen LogP) is 11.1. The first kappa shape index (κ1) is 44.5. The van der Waals surface area contributed by atoms with E-state index < -0.39 is 5.97 Å². The van der Waals surface area contributed by atoms with Gasteiger partial charge in [-0.15, -0.1) is 0 Å². The summed E-state index contributed by atoms with van der Waals surface area (Å²) >= 11 is 0. The van der Waals surface area contributed by atoms with E-state index >= 15 is 0 Å². The number of hydrogen-bond acceptors (Lipinski definition) is 4. The van der Waals surface area contributed by atoms with Gasteiger partial charge in [-0.2, -0.15) is 0 Å². The third kappa shape index (κ3) is 43.5. The summed E-state index contributed by atoms with van der Waals surface area (Å²) < 4.78 is 0. The van der Waals surface area contributed by atoms with E-state index in [-0.39, 0.29) is 13.2 Å². The molecule has 0 saturated carbocycles. The number of aliphatic carboxylic acids is 1. The molecule has 0 amide bonds. The van der Waals surface area contributed by atoms with E-state index in [4.69, 9.17) is 15.3 Å². The second kappa shape index (κ2) is 41.4. The predicted molar refractivity (Wildman–Crippen MR) is 188 cm³/mol. The van der Waals surface area contributed by atoms with E-state index in [2.05, 4.69) is 18.7 Å². The molecule has 260 valence electrons. The lowest BCUT2D eigenvalue weighted by molar-refractivity contribution is -0.137. The molecule has 5 heteroatoms. The van der Waals surface area contributed by atoms with Crippen LogP contribution in [0.4, 0.5) is 0 Å². The lowest BCUT2D eigenvalue weighted by Crippen LogP contribution is -2.30. The Bertz CT molecular complexity index is 496. The number of carbonyl (C=O) groups is 1. The van der Waals surface area contributed by atoms with Crippen LogP contribution in [0.2, 0.25) is 0 Å². The van der Waals surface area contributed by atoms with Gasteiger partial charge < -0.3 is 15.3 Å². The van der Waals surface area contributed by atoms with Gasteiger partial charge in [0.1, 0.15) is 0 Å². The average molecular weight is 614 g/mol. The Morgan fingerprint density at radius 2 is 0.651 bits per heavy atom. The Balaban J connectivity index is 0. The molecule has 0 aromatic carbocycles. The van der Waals surface area contributed by atoms with Crippen LogP contribution >= 0.6 is 0 Å². The Morgan fingerprint density at radius 1 is 0.395 bits per heavy atom. The van der Waals surface area contributed by atoms with Crippen molar-refractivity contribution in [3.8, 4) is 0 Å². The molecule has 0 aliphatic carbocycles. The minimum absolute atomic E-state index is 0.193. The molecule has 5 nitrogen and oxygen atoms in total. The number of aliphatic hydroxyl groups is 2. The SMILES string of the molecule is CCCCCCCCCCCCCCCCCCCC(=O)O.CCCCCCCCCCCCCCN(CCO)CCO. The van der Waals surface area contributed by atoms with Crippen molar-refractivity contribution < 1.29 is 20.1 Å². The number of carboxylic acid groups (broad SMARTS) is 1. The fraction of sp³-hybridized carbons (Fsp3) is 0.974. The standard InChI is InChI=1S/C20H40O2.C18H39NO2/c1-2-3-4-5-6-7-8-9-10-11-12-13-14-15-16-17-18-19-20(21)22;1-2-3-4-5-6-7-8-9-10-11-12-13-14-19(15-17-20)16-18-21/h2-19H2,1H3,(H,21,22);20-21H,2-18H2,1H3. The van der Waals surface area contributed by atoms with Crippen LogP contribution in [0.15, 0.2) is 0 Å². The maximum atomic E-state index is 10.4. The molecule has 0 aliphatic rings. The second-order valence-electron chi connectivity index (χ2n) is 13.0. The molecule has 0 aromatic heterocycles. The van der Waals surface area contributed by atoms with Crippen molar-refractivity contribution in [3.63, 3.8) is 0 Å². The van der Waals surface area contributed by atoms with Gasteiger partial charge in [0.05, 0.1) is 13.2 Å². The first-order valence-electron chi connectivity index (χ1n) is 19.3. The monoisotopic (exact) mass is 614 g/mol. The van der Waals surface area contributed by atoms with Crippen molar-refractivity contribution in [2.45, 2.75) is 206 Å². The topological polar surface area (TPSA) is 81.0 Å². The second-order valence-corrected chi connectivity index (χ2v) is 13.0. The summed E-state index contributed by atoms with van der Waals surface area (Å²) in [6.45, 7) is 7.33. The van der Waals surface area contributed by atoms with Crippen LogP contribution in [0.3, 0.4) is 0 Å². The molecule has 0 saturated heterocycles. The molecule has 3 N–H and O–H groups in total. The third-order valence-corrected chi connectivity index (χ3v) is 8.65.